The average molecular weight is 513 g/mol. The molecule has 1 heterocycles. The summed E-state index contributed by atoms with van der Waals surface area (Å²) in [5, 5.41) is 0. The predicted molar refractivity (Wildman–Crippen MR) is 162 cm³/mol. The SMILES string of the molecule is C[Si](C)(C#Cc1ccccc1)C1=C(c2ccccc2)C(c2ccccc2)=[C-][Si]1(C)C#Cc1ccccc1.[Li+]. The first-order chi connectivity index (χ1) is 18.0. The van der Waals surface area contributed by atoms with E-state index in [1.165, 1.54) is 27.1 Å². The van der Waals surface area contributed by atoms with Crippen molar-refractivity contribution in [3.8, 4) is 22.9 Å². The second-order valence-electron chi connectivity index (χ2n) is 9.96. The zero-order valence-corrected chi connectivity index (χ0v) is 24.5. The molecule has 0 spiro atoms. The Hall–Kier alpha value is -3.49. The van der Waals surface area contributed by atoms with Crippen molar-refractivity contribution in [3.63, 3.8) is 0 Å². The molecule has 0 aliphatic carbocycles. The summed E-state index contributed by atoms with van der Waals surface area (Å²) in [6, 6.07) is 42.1. The van der Waals surface area contributed by atoms with Crippen molar-refractivity contribution in [3.05, 3.63) is 154 Å². The molecule has 0 saturated carbocycles. The minimum absolute atomic E-state index is 0. The largest absolute Gasteiger partial charge is 1.00 e. The van der Waals surface area contributed by atoms with Crippen LogP contribution in [0.5, 0.6) is 0 Å². The van der Waals surface area contributed by atoms with Crippen molar-refractivity contribution in [2.24, 2.45) is 0 Å². The molecule has 1 atom stereocenters. The molecule has 1 aliphatic rings. The molecular weight excluding hydrogens is 483 g/mol. The van der Waals surface area contributed by atoms with E-state index in [0.29, 0.717) is 0 Å². The van der Waals surface area contributed by atoms with Gasteiger partial charge in [-0.3, -0.25) is 0 Å². The van der Waals surface area contributed by atoms with Crippen LogP contribution in [0, 0.1) is 28.6 Å². The van der Waals surface area contributed by atoms with E-state index in [9.17, 15) is 0 Å². The summed E-state index contributed by atoms with van der Waals surface area (Å²) in [6.07, 6.45) is 0. The van der Waals surface area contributed by atoms with Crippen molar-refractivity contribution in [2.45, 2.75) is 19.6 Å². The Bertz CT molecular complexity index is 1580. The Morgan fingerprint density at radius 2 is 1.05 bits per heavy atom. The Balaban J connectivity index is 0.00000336. The van der Waals surface area contributed by atoms with Crippen LogP contribution < -0.4 is 18.9 Å². The van der Waals surface area contributed by atoms with E-state index >= 15 is 0 Å². The van der Waals surface area contributed by atoms with E-state index in [-0.39, 0.29) is 18.9 Å². The van der Waals surface area contributed by atoms with Gasteiger partial charge in [-0.25, -0.2) is 0 Å². The summed E-state index contributed by atoms with van der Waals surface area (Å²) >= 11 is 0. The molecule has 0 aromatic heterocycles. The van der Waals surface area contributed by atoms with Crippen LogP contribution in [-0.4, -0.2) is 16.1 Å². The standard InChI is InChI=1S/C35H29Si2.Li/c1-36(2,26-24-29-16-8-4-9-17-29)35-34(32-22-14-7-15-23-32)33(31-20-12-6-13-21-31)28-37(35,3)27-25-30-18-10-5-11-19-30;/h4-23H,1-3H3;/q-1;+1. The average Bonchev–Trinajstić information content (AvgIpc) is 3.27. The predicted octanol–water partition coefficient (Wildman–Crippen LogP) is 4.93. The molecule has 38 heavy (non-hydrogen) atoms. The number of hydrogen-bond acceptors (Lipinski definition) is 0. The summed E-state index contributed by atoms with van der Waals surface area (Å²) in [5.41, 5.74) is 18.6. The summed E-state index contributed by atoms with van der Waals surface area (Å²) < 4.78 is 0. The second kappa shape index (κ2) is 11.9. The molecule has 4 aromatic carbocycles. The quantitative estimate of drug-likeness (QED) is 0.207. The molecule has 0 fully saturated rings. The molecule has 0 N–H and O–H groups in total. The van der Waals surface area contributed by atoms with Gasteiger partial charge in [-0.1, -0.05) is 122 Å². The van der Waals surface area contributed by atoms with Crippen LogP contribution in [0.4, 0.5) is 0 Å². The first-order valence-corrected chi connectivity index (χ1v) is 18.1. The van der Waals surface area contributed by atoms with Crippen LogP contribution in [0.2, 0.25) is 19.6 Å². The maximum atomic E-state index is 4.03. The van der Waals surface area contributed by atoms with Gasteiger partial charge in [0.25, 0.3) is 0 Å². The van der Waals surface area contributed by atoms with Crippen molar-refractivity contribution in [2.75, 3.05) is 0 Å². The van der Waals surface area contributed by atoms with Gasteiger partial charge in [0.05, 0.1) is 0 Å². The van der Waals surface area contributed by atoms with Gasteiger partial charge in [0.2, 0.25) is 0 Å². The van der Waals surface area contributed by atoms with E-state index in [0.717, 1.165) is 11.1 Å². The number of allylic oxidation sites excluding steroid dienone is 2. The van der Waals surface area contributed by atoms with Gasteiger partial charge in [-0.2, -0.15) is 11.3 Å². The number of hydrogen-bond donors (Lipinski definition) is 0. The Kier molecular flexibility index (Phi) is 8.64. The Morgan fingerprint density at radius 3 is 1.58 bits per heavy atom. The third-order valence-electron chi connectivity index (χ3n) is 6.65. The van der Waals surface area contributed by atoms with Gasteiger partial charge in [-0.15, -0.1) is 39.2 Å². The third-order valence-corrected chi connectivity index (χ3v) is 14.9. The summed E-state index contributed by atoms with van der Waals surface area (Å²) in [7, 11) is -4.73. The van der Waals surface area contributed by atoms with E-state index in [2.05, 4.69) is 145 Å². The summed E-state index contributed by atoms with van der Waals surface area (Å²) in [4.78, 5) is 1.46. The summed E-state index contributed by atoms with van der Waals surface area (Å²) in [6.45, 7) is 7.12. The van der Waals surface area contributed by atoms with Crippen molar-refractivity contribution in [1.82, 2.24) is 0 Å². The van der Waals surface area contributed by atoms with Crippen LogP contribution in [0.1, 0.15) is 22.3 Å². The van der Waals surface area contributed by atoms with Crippen LogP contribution in [0.25, 0.3) is 11.1 Å². The van der Waals surface area contributed by atoms with Crippen molar-refractivity contribution < 1.29 is 18.9 Å². The van der Waals surface area contributed by atoms with E-state index < -0.39 is 16.1 Å². The van der Waals surface area contributed by atoms with Crippen molar-refractivity contribution in [1.29, 1.82) is 0 Å². The summed E-state index contributed by atoms with van der Waals surface area (Å²) in [5.74, 6) is 7.04. The van der Waals surface area contributed by atoms with E-state index in [1.54, 1.807) is 0 Å². The number of benzene rings is 4. The monoisotopic (exact) mass is 512 g/mol. The Labute approximate surface area is 241 Å². The van der Waals surface area contributed by atoms with Crippen LogP contribution in [0.15, 0.2) is 126 Å². The second-order valence-corrected chi connectivity index (χ2v) is 17.7. The van der Waals surface area contributed by atoms with Crippen molar-refractivity contribution >= 4 is 27.3 Å². The van der Waals surface area contributed by atoms with E-state index in [1.807, 2.05) is 24.3 Å². The first-order valence-electron chi connectivity index (χ1n) is 12.6. The molecular formula is C35H29LiSi2. The molecule has 0 saturated heterocycles. The van der Waals surface area contributed by atoms with Gasteiger partial charge in [-0.05, 0) is 24.3 Å². The minimum atomic E-state index is -2.47. The van der Waals surface area contributed by atoms with Gasteiger partial charge >= 0.3 is 18.9 Å². The molecule has 0 amide bonds. The molecule has 178 valence electrons. The third kappa shape index (κ3) is 5.97. The van der Waals surface area contributed by atoms with Gasteiger partial charge in [0, 0.05) is 11.1 Å². The Morgan fingerprint density at radius 1 is 0.605 bits per heavy atom. The zero-order valence-electron chi connectivity index (χ0n) is 22.5. The van der Waals surface area contributed by atoms with Crippen LogP contribution >= 0.6 is 0 Å². The molecule has 1 aliphatic heterocycles. The molecule has 1 unspecified atom stereocenters. The maximum Gasteiger partial charge on any atom is 1.00 e. The normalized spacial score (nSPS) is 16.3. The maximum absolute atomic E-state index is 4.03. The molecule has 3 heteroatoms. The van der Waals surface area contributed by atoms with Gasteiger partial charge in [0.15, 0.2) is 0 Å². The fourth-order valence-corrected chi connectivity index (χ4v) is 14.3. The minimum Gasteiger partial charge on any atom is -0.189 e. The van der Waals surface area contributed by atoms with Gasteiger partial charge < -0.3 is 0 Å². The molecule has 0 bridgehead atoms. The van der Waals surface area contributed by atoms with Crippen LogP contribution in [-0.2, 0) is 0 Å². The van der Waals surface area contributed by atoms with Gasteiger partial charge in [0.1, 0.15) is 16.1 Å². The topological polar surface area (TPSA) is 0 Å². The number of rotatable bonds is 3. The molecule has 4 aromatic rings. The smallest absolute Gasteiger partial charge is 0.189 e. The fourth-order valence-electron chi connectivity index (χ4n) is 5.03. The first kappa shape index (κ1) is 27.5. The molecule has 5 rings (SSSR count). The molecule has 0 nitrogen and oxygen atoms in total. The fraction of sp³-hybridized carbons (Fsp3) is 0.0857. The molecule has 0 radical (unpaired) electrons. The van der Waals surface area contributed by atoms with Crippen LogP contribution in [0.3, 0.4) is 0 Å². The van der Waals surface area contributed by atoms with E-state index in [4.69, 9.17) is 0 Å². The zero-order chi connectivity index (χ0) is 25.7.